The number of imidazole rings is 1. The van der Waals surface area contributed by atoms with Crippen LogP contribution in [0.3, 0.4) is 0 Å². The number of rotatable bonds is 7. The topological polar surface area (TPSA) is 69.4 Å². The van der Waals surface area contributed by atoms with Gasteiger partial charge in [-0.25, -0.2) is 4.98 Å². The number of hydrogen-bond acceptors (Lipinski definition) is 5. The van der Waals surface area contributed by atoms with E-state index in [0.717, 1.165) is 17.1 Å². The lowest BCUT2D eigenvalue weighted by Gasteiger charge is -2.15. The number of benzene rings is 1. The number of aliphatic hydroxyl groups is 1. The second-order valence-corrected chi connectivity index (χ2v) is 5.28. The van der Waals surface area contributed by atoms with Crippen molar-refractivity contribution in [3.8, 4) is 22.9 Å². The lowest BCUT2D eigenvalue weighted by molar-refractivity contribution is 0.0927. The molecular formula is C18H19N3O3. The van der Waals surface area contributed by atoms with Gasteiger partial charge >= 0.3 is 0 Å². The molecule has 124 valence electrons. The zero-order valence-corrected chi connectivity index (χ0v) is 13.4. The van der Waals surface area contributed by atoms with Gasteiger partial charge in [-0.2, -0.15) is 0 Å². The maximum Gasteiger partial charge on any atom is 0.140 e. The van der Waals surface area contributed by atoms with Crippen LogP contribution in [0.15, 0.2) is 61.2 Å². The van der Waals surface area contributed by atoms with Crippen LogP contribution in [0, 0.1) is 0 Å². The van der Waals surface area contributed by atoms with E-state index in [1.807, 2.05) is 41.1 Å². The first-order chi connectivity index (χ1) is 11.8. The van der Waals surface area contributed by atoms with Crippen molar-refractivity contribution in [1.29, 1.82) is 0 Å². The zero-order valence-electron chi connectivity index (χ0n) is 13.4. The minimum Gasteiger partial charge on any atom is -0.497 e. The first-order valence-corrected chi connectivity index (χ1v) is 7.62. The number of ether oxygens (including phenoxy) is 2. The van der Waals surface area contributed by atoms with E-state index in [4.69, 9.17) is 9.47 Å². The highest BCUT2D eigenvalue weighted by atomic mass is 16.5. The van der Waals surface area contributed by atoms with Crippen LogP contribution in [0.1, 0.15) is 0 Å². The van der Waals surface area contributed by atoms with Crippen molar-refractivity contribution < 1.29 is 14.6 Å². The Morgan fingerprint density at radius 3 is 2.71 bits per heavy atom. The van der Waals surface area contributed by atoms with Gasteiger partial charge in [0.25, 0.3) is 0 Å². The molecule has 0 saturated carbocycles. The molecule has 0 unspecified atom stereocenters. The number of methoxy groups -OCH3 is 1. The molecule has 3 aromatic rings. The molecule has 0 saturated heterocycles. The van der Waals surface area contributed by atoms with Crippen molar-refractivity contribution in [2.45, 2.75) is 12.6 Å². The molecule has 0 amide bonds. The molecule has 0 aliphatic heterocycles. The van der Waals surface area contributed by atoms with Crippen LogP contribution in [0.2, 0.25) is 0 Å². The summed E-state index contributed by atoms with van der Waals surface area (Å²) in [6, 6.07) is 11.1. The van der Waals surface area contributed by atoms with Gasteiger partial charge in [0.05, 0.1) is 13.7 Å². The number of aliphatic hydroxyl groups excluding tert-OH is 1. The largest absolute Gasteiger partial charge is 0.497 e. The molecule has 1 N–H and O–H groups in total. The van der Waals surface area contributed by atoms with Crippen molar-refractivity contribution in [2.75, 3.05) is 13.7 Å². The first-order valence-electron chi connectivity index (χ1n) is 7.62. The van der Waals surface area contributed by atoms with Gasteiger partial charge < -0.3 is 19.1 Å². The fourth-order valence-corrected chi connectivity index (χ4v) is 2.38. The smallest absolute Gasteiger partial charge is 0.140 e. The summed E-state index contributed by atoms with van der Waals surface area (Å²) in [6.45, 7) is 0.572. The second-order valence-electron chi connectivity index (χ2n) is 5.28. The SMILES string of the molecule is COc1cccc(OC[C@@H](O)Cn2ccnc2-c2ccncc2)c1. The lowest BCUT2D eigenvalue weighted by atomic mass is 10.2. The summed E-state index contributed by atoms with van der Waals surface area (Å²) in [4.78, 5) is 8.35. The Morgan fingerprint density at radius 2 is 1.92 bits per heavy atom. The monoisotopic (exact) mass is 325 g/mol. The molecule has 0 radical (unpaired) electrons. The fraction of sp³-hybridized carbons (Fsp3) is 0.222. The number of pyridine rings is 1. The average molecular weight is 325 g/mol. The molecule has 0 bridgehead atoms. The van der Waals surface area contributed by atoms with E-state index in [0.29, 0.717) is 12.3 Å². The maximum atomic E-state index is 10.3. The van der Waals surface area contributed by atoms with E-state index in [1.54, 1.807) is 31.8 Å². The molecule has 2 heterocycles. The summed E-state index contributed by atoms with van der Waals surface area (Å²) in [7, 11) is 1.60. The van der Waals surface area contributed by atoms with E-state index in [1.165, 1.54) is 0 Å². The lowest BCUT2D eigenvalue weighted by Crippen LogP contribution is -2.23. The highest BCUT2D eigenvalue weighted by Gasteiger charge is 2.11. The standard InChI is InChI=1S/C18H19N3O3/c1-23-16-3-2-4-17(11-16)24-13-15(22)12-21-10-9-20-18(21)14-5-7-19-8-6-14/h2-11,15,22H,12-13H2,1H3/t15-/m0/s1. The predicted octanol–water partition coefficient (Wildman–Crippen LogP) is 2.39. The maximum absolute atomic E-state index is 10.3. The van der Waals surface area contributed by atoms with Crippen molar-refractivity contribution in [2.24, 2.45) is 0 Å². The highest BCUT2D eigenvalue weighted by Crippen LogP contribution is 2.20. The summed E-state index contributed by atoms with van der Waals surface area (Å²) >= 11 is 0. The molecule has 6 heteroatoms. The highest BCUT2D eigenvalue weighted by molar-refractivity contribution is 5.54. The predicted molar refractivity (Wildman–Crippen MR) is 90.0 cm³/mol. The van der Waals surface area contributed by atoms with Crippen LogP contribution in [0.25, 0.3) is 11.4 Å². The zero-order chi connectivity index (χ0) is 16.8. The van der Waals surface area contributed by atoms with Gasteiger partial charge in [0, 0.05) is 36.4 Å². The summed E-state index contributed by atoms with van der Waals surface area (Å²) in [5.74, 6) is 2.17. The Labute approximate surface area is 140 Å². The Balaban J connectivity index is 1.61. The molecule has 6 nitrogen and oxygen atoms in total. The third-order valence-corrected chi connectivity index (χ3v) is 3.55. The Morgan fingerprint density at radius 1 is 1.12 bits per heavy atom. The van der Waals surface area contributed by atoms with Crippen LogP contribution in [0.4, 0.5) is 0 Å². The molecule has 0 aliphatic rings. The number of nitrogens with zero attached hydrogens (tertiary/aromatic N) is 3. The van der Waals surface area contributed by atoms with E-state index in [9.17, 15) is 5.11 Å². The van der Waals surface area contributed by atoms with Gasteiger partial charge in [0.1, 0.15) is 30.0 Å². The third kappa shape index (κ3) is 3.91. The average Bonchev–Trinajstić information content (AvgIpc) is 3.09. The minimum absolute atomic E-state index is 0.182. The van der Waals surface area contributed by atoms with Gasteiger partial charge in [-0.15, -0.1) is 0 Å². The quantitative estimate of drug-likeness (QED) is 0.722. The van der Waals surface area contributed by atoms with Crippen molar-refractivity contribution in [3.05, 3.63) is 61.2 Å². The van der Waals surface area contributed by atoms with Gasteiger partial charge in [0.15, 0.2) is 0 Å². The van der Waals surface area contributed by atoms with Crippen LogP contribution < -0.4 is 9.47 Å². The fourth-order valence-electron chi connectivity index (χ4n) is 2.38. The second kappa shape index (κ2) is 7.61. The van der Waals surface area contributed by atoms with Crippen LogP contribution in [0.5, 0.6) is 11.5 Å². The summed E-state index contributed by atoms with van der Waals surface area (Å²) < 4.78 is 12.7. The molecular weight excluding hydrogens is 306 g/mol. The molecule has 3 rings (SSSR count). The van der Waals surface area contributed by atoms with Gasteiger partial charge in [-0.1, -0.05) is 6.07 Å². The van der Waals surface area contributed by atoms with Crippen LogP contribution >= 0.6 is 0 Å². The number of hydrogen-bond donors (Lipinski definition) is 1. The van der Waals surface area contributed by atoms with Crippen LogP contribution in [-0.4, -0.2) is 39.5 Å². The number of aromatic nitrogens is 3. The van der Waals surface area contributed by atoms with E-state index >= 15 is 0 Å². The van der Waals surface area contributed by atoms with E-state index in [2.05, 4.69) is 9.97 Å². The van der Waals surface area contributed by atoms with Crippen molar-refractivity contribution in [1.82, 2.24) is 14.5 Å². The molecule has 1 aromatic carbocycles. The molecule has 1 atom stereocenters. The van der Waals surface area contributed by atoms with E-state index in [-0.39, 0.29) is 6.61 Å². The normalized spacial score (nSPS) is 11.9. The molecule has 0 spiro atoms. The van der Waals surface area contributed by atoms with Crippen molar-refractivity contribution >= 4 is 0 Å². The Bertz CT molecular complexity index is 774. The molecule has 0 fully saturated rings. The minimum atomic E-state index is -0.661. The Hall–Kier alpha value is -2.86. The van der Waals surface area contributed by atoms with Crippen LogP contribution in [-0.2, 0) is 6.54 Å². The molecule has 2 aromatic heterocycles. The summed E-state index contributed by atoms with van der Waals surface area (Å²) in [5, 5.41) is 10.3. The van der Waals surface area contributed by atoms with Gasteiger partial charge in [-0.3, -0.25) is 4.98 Å². The van der Waals surface area contributed by atoms with Gasteiger partial charge in [0.2, 0.25) is 0 Å². The summed E-state index contributed by atoms with van der Waals surface area (Å²) in [5.41, 5.74) is 0.955. The Kier molecular flexibility index (Phi) is 5.08. The molecule has 24 heavy (non-hydrogen) atoms. The molecule has 0 aliphatic carbocycles. The van der Waals surface area contributed by atoms with E-state index < -0.39 is 6.10 Å². The van der Waals surface area contributed by atoms with Crippen molar-refractivity contribution in [3.63, 3.8) is 0 Å². The third-order valence-electron chi connectivity index (χ3n) is 3.55. The first kappa shape index (κ1) is 16.0. The summed E-state index contributed by atoms with van der Waals surface area (Å²) in [6.07, 6.45) is 6.33. The van der Waals surface area contributed by atoms with Gasteiger partial charge in [-0.05, 0) is 24.3 Å².